The Balaban J connectivity index is 2.03. The van der Waals surface area contributed by atoms with E-state index in [0.29, 0.717) is 13.2 Å². The van der Waals surface area contributed by atoms with Crippen LogP contribution in [0.1, 0.15) is 6.42 Å². The van der Waals surface area contributed by atoms with Crippen LogP contribution in [-0.2, 0) is 4.74 Å². The van der Waals surface area contributed by atoms with E-state index in [-0.39, 0.29) is 0 Å². The minimum Gasteiger partial charge on any atom is -0.493 e. The van der Waals surface area contributed by atoms with Gasteiger partial charge in [-0.1, -0.05) is 18.2 Å². The number of ether oxygens (including phenoxy) is 3. The average molecular weight is 265 g/mol. The van der Waals surface area contributed by atoms with Crippen molar-refractivity contribution in [1.82, 2.24) is 5.32 Å². The summed E-state index contributed by atoms with van der Waals surface area (Å²) in [7, 11) is 1.64. The average Bonchev–Trinajstić information content (AvgIpc) is 2.46. The third-order valence-electron chi connectivity index (χ3n) is 2.49. The minimum atomic E-state index is 0.604. The summed E-state index contributed by atoms with van der Waals surface area (Å²) >= 11 is 0. The molecule has 0 atom stereocenters. The van der Waals surface area contributed by atoms with Crippen molar-refractivity contribution in [1.29, 1.82) is 0 Å². The Hall–Kier alpha value is -1.52. The molecule has 0 fully saturated rings. The number of rotatable bonds is 11. The molecule has 0 aliphatic rings. The first kappa shape index (κ1) is 15.5. The molecule has 0 saturated carbocycles. The Morgan fingerprint density at radius 1 is 1.11 bits per heavy atom. The molecule has 1 N–H and O–H groups in total. The molecule has 1 rings (SSSR count). The smallest absolute Gasteiger partial charge is 0.161 e. The van der Waals surface area contributed by atoms with Crippen molar-refractivity contribution in [3.63, 3.8) is 0 Å². The molecule has 0 amide bonds. The number of benzene rings is 1. The monoisotopic (exact) mass is 265 g/mol. The zero-order valence-corrected chi connectivity index (χ0v) is 11.6. The molecule has 0 aliphatic carbocycles. The van der Waals surface area contributed by atoms with Gasteiger partial charge in [0.15, 0.2) is 11.5 Å². The molecule has 0 bridgehead atoms. The quantitative estimate of drug-likeness (QED) is 0.492. The molecule has 0 spiro atoms. The van der Waals surface area contributed by atoms with Gasteiger partial charge in [0.2, 0.25) is 0 Å². The topological polar surface area (TPSA) is 39.7 Å². The lowest BCUT2D eigenvalue weighted by molar-refractivity contribution is 0.139. The van der Waals surface area contributed by atoms with E-state index in [0.717, 1.165) is 37.6 Å². The second-order valence-corrected chi connectivity index (χ2v) is 3.94. The van der Waals surface area contributed by atoms with Gasteiger partial charge in [-0.3, -0.25) is 0 Å². The largest absolute Gasteiger partial charge is 0.493 e. The molecule has 0 aromatic heterocycles. The predicted molar refractivity (Wildman–Crippen MR) is 77.0 cm³/mol. The minimum absolute atomic E-state index is 0.604. The molecule has 0 unspecified atom stereocenters. The Bertz CT molecular complexity index is 355. The summed E-state index contributed by atoms with van der Waals surface area (Å²) in [6, 6.07) is 7.64. The van der Waals surface area contributed by atoms with E-state index < -0.39 is 0 Å². The third-order valence-corrected chi connectivity index (χ3v) is 2.49. The zero-order chi connectivity index (χ0) is 13.8. The molecule has 0 radical (unpaired) electrons. The van der Waals surface area contributed by atoms with Gasteiger partial charge in [0.25, 0.3) is 0 Å². The Labute approximate surface area is 115 Å². The first-order valence-electron chi connectivity index (χ1n) is 6.53. The summed E-state index contributed by atoms with van der Waals surface area (Å²) in [5, 5.41) is 3.25. The fourth-order valence-electron chi connectivity index (χ4n) is 1.51. The first-order chi connectivity index (χ1) is 9.38. The van der Waals surface area contributed by atoms with Crippen LogP contribution in [0.3, 0.4) is 0 Å². The van der Waals surface area contributed by atoms with Crippen molar-refractivity contribution in [2.75, 3.05) is 40.0 Å². The van der Waals surface area contributed by atoms with Crippen LogP contribution in [-0.4, -0.2) is 40.0 Å². The van der Waals surface area contributed by atoms with E-state index in [1.807, 2.05) is 30.3 Å². The summed E-state index contributed by atoms with van der Waals surface area (Å²) in [5.41, 5.74) is 0. The SMILES string of the molecule is C=CCCOCCNCCOc1ccccc1OC. The summed E-state index contributed by atoms with van der Waals surface area (Å²) in [5.74, 6) is 1.53. The molecule has 106 valence electrons. The highest BCUT2D eigenvalue weighted by Gasteiger charge is 2.01. The van der Waals surface area contributed by atoms with Gasteiger partial charge in [-0.15, -0.1) is 6.58 Å². The highest BCUT2D eigenvalue weighted by molar-refractivity contribution is 5.39. The molecular weight excluding hydrogens is 242 g/mol. The van der Waals surface area contributed by atoms with Crippen LogP contribution in [0.4, 0.5) is 0 Å². The van der Waals surface area contributed by atoms with Crippen molar-refractivity contribution in [3.05, 3.63) is 36.9 Å². The maximum absolute atomic E-state index is 5.63. The molecule has 0 heterocycles. The number of hydrogen-bond acceptors (Lipinski definition) is 4. The van der Waals surface area contributed by atoms with E-state index in [4.69, 9.17) is 14.2 Å². The van der Waals surface area contributed by atoms with Crippen LogP contribution < -0.4 is 14.8 Å². The molecule has 0 saturated heterocycles. The Morgan fingerprint density at radius 2 is 1.84 bits per heavy atom. The molecule has 19 heavy (non-hydrogen) atoms. The van der Waals surface area contributed by atoms with Crippen molar-refractivity contribution in [3.8, 4) is 11.5 Å². The zero-order valence-electron chi connectivity index (χ0n) is 11.6. The Morgan fingerprint density at radius 3 is 2.58 bits per heavy atom. The van der Waals surface area contributed by atoms with Gasteiger partial charge >= 0.3 is 0 Å². The molecular formula is C15H23NO3. The molecule has 0 aliphatic heterocycles. The van der Waals surface area contributed by atoms with Crippen molar-refractivity contribution in [2.45, 2.75) is 6.42 Å². The lowest BCUT2D eigenvalue weighted by Gasteiger charge is -2.10. The number of para-hydroxylation sites is 2. The molecule has 4 nitrogen and oxygen atoms in total. The molecule has 1 aromatic rings. The van der Waals surface area contributed by atoms with Gasteiger partial charge < -0.3 is 19.5 Å². The highest BCUT2D eigenvalue weighted by Crippen LogP contribution is 2.25. The van der Waals surface area contributed by atoms with E-state index in [9.17, 15) is 0 Å². The second kappa shape index (κ2) is 10.4. The standard InChI is InChI=1S/C15H23NO3/c1-3-4-11-18-12-9-16-10-13-19-15-8-6-5-7-14(15)17-2/h3,5-8,16H,1,4,9-13H2,2H3. The van der Waals surface area contributed by atoms with Gasteiger partial charge in [-0.2, -0.15) is 0 Å². The van der Waals surface area contributed by atoms with Crippen LogP contribution >= 0.6 is 0 Å². The number of nitrogens with one attached hydrogen (secondary N) is 1. The van der Waals surface area contributed by atoms with Gasteiger partial charge in [0.05, 0.1) is 20.3 Å². The van der Waals surface area contributed by atoms with Gasteiger partial charge in [-0.05, 0) is 18.6 Å². The van der Waals surface area contributed by atoms with Crippen molar-refractivity contribution >= 4 is 0 Å². The summed E-state index contributed by atoms with van der Waals surface area (Å²) in [4.78, 5) is 0. The molecule has 4 heteroatoms. The van der Waals surface area contributed by atoms with Crippen molar-refractivity contribution in [2.24, 2.45) is 0 Å². The fourth-order valence-corrected chi connectivity index (χ4v) is 1.51. The fraction of sp³-hybridized carbons (Fsp3) is 0.467. The first-order valence-corrected chi connectivity index (χ1v) is 6.53. The van der Waals surface area contributed by atoms with Gasteiger partial charge in [-0.25, -0.2) is 0 Å². The lowest BCUT2D eigenvalue weighted by Crippen LogP contribution is -2.25. The number of hydrogen-bond donors (Lipinski definition) is 1. The van der Waals surface area contributed by atoms with E-state index in [1.165, 1.54) is 0 Å². The van der Waals surface area contributed by atoms with E-state index >= 15 is 0 Å². The highest BCUT2D eigenvalue weighted by atomic mass is 16.5. The molecule has 1 aromatic carbocycles. The van der Waals surface area contributed by atoms with E-state index in [1.54, 1.807) is 7.11 Å². The normalized spacial score (nSPS) is 10.2. The van der Waals surface area contributed by atoms with Crippen LogP contribution in [0.15, 0.2) is 36.9 Å². The van der Waals surface area contributed by atoms with Crippen LogP contribution in [0.5, 0.6) is 11.5 Å². The van der Waals surface area contributed by atoms with Gasteiger partial charge in [0, 0.05) is 13.1 Å². The van der Waals surface area contributed by atoms with Crippen LogP contribution in [0.2, 0.25) is 0 Å². The predicted octanol–water partition coefficient (Wildman–Crippen LogP) is 2.26. The summed E-state index contributed by atoms with van der Waals surface area (Å²) in [6.07, 6.45) is 2.76. The maximum Gasteiger partial charge on any atom is 0.161 e. The summed E-state index contributed by atoms with van der Waals surface area (Å²) in [6.45, 7) is 7.30. The summed E-state index contributed by atoms with van der Waals surface area (Å²) < 4.78 is 16.2. The second-order valence-electron chi connectivity index (χ2n) is 3.94. The maximum atomic E-state index is 5.63. The number of methoxy groups -OCH3 is 1. The van der Waals surface area contributed by atoms with Crippen LogP contribution in [0.25, 0.3) is 0 Å². The van der Waals surface area contributed by atoms with Crippen molar-refractivity contribution < 1.29 is 14.2 Å². The lowest BCUT2D eigenvalue weighted by atomic mass is 10.3. The third kappa shape index (κ3) is 6.84. The van der Waals surface area contributed by atoms with Crippen LogP contribution in [0, 0.1) is 0 Å². The van der Waals surface area contributed by atoms with E-state index in [2.05, 4.69) is 11.9 Å². The van der Waals surface area contributed by atoms with Gasteiger partial charge in [0.1, 0.15) is 6.61 Å². The Kier molecular flexibility index (Phi) is 8.51.